The molecule has 0 saturated heterocycles. The number of aromatic nitrogens is 2. The van der Waals surface area contributed by atoms with Gasteiger partial charge < -0.3 is 9.84 Å². The predicted octanol–water partition coefficient (Wildman–Crippen LogP) is 3.16. The van der Waals surface area contributed by atoms with E-state index in [1.165, 1.54) is 5.56 Å². The van der Waals surface area contributed by atoms with Crippen LogP contribution in [0.4, 0.5) is 0 Å². The van der Waals surface area contributed by atoms with Crippen molar-refractivity contribution in [3.8, 4) is 0 Å². The van der Waals surface area contributed by atoms with Gasteiger partial charge in [-0.1, -0.05) is 49.3 Å². The van der Waals surface area contributed by atoms with Gasteiger partial charge in [-0.05, 0) is 24.9 Å². The van der Waals surface area contributed by atoms with Crippen molar-refractivity contribution in [2.45, 2.75) is 39.2 Å². The Balaban J connectivity index is 1.98. The third-order valence-electron chi connectivity index (χ3n) is 3.38. The van der Waals surface area contributed by atoms with Crippen LogP contribution in [0.5, 0.6) is 0 Å². The zero-order chi connectivity index (χ0) is 14.4. The van der Waals surface area contributed by atoms with Crippen LogP contribution < -0.4 is 5.32 Å². The maximum absolute atomic E-state index is 5.35. The monoisotopic (exact) mass is 273 g/mol. The van der Waals surface area contributed by atoms with E-state index in [-0.39, 0.29) is 6.04 Å². The second kappa shape index (κ2) is 7.20. The van der Waals surface area contributed by atoms with Crippen LogP contribution >= 0.6 is 0 Å². The highest BCUT2D eigenvalue weighted by Crippen LogP contribution is 2.17. The maximum Gasteiger partial charge on any atom is 0.228 e. The number of benzene rings is 1. The summed E-state index contributed by atoms with van der Waals surface area (Å²) in [6.45, 7) is 4.40. The largest absolute Gasteiger partial charge is 0.339 e. The van der Waals surface area contributed by atoms with Crippen molar-refractivity contribution in [2.75, 3.05) is 7.05 Å². The summed E-state index contributed by atoms with van der Waals surface area (Å²) >= 11 is 0. The van der Waals surface area contributed by atoms with Gasteiger partial charge in [-0.2, -0.15) is 4.98 Å². The average Bonchev–Trinajstić information content (AvgIpc) is 2.91. The molecule has 1 heterocycles. The Morgan fingerprint density at radius 2 is 1.95 bits per heavy atom. The van der Waals surface area contributed by atoms with Gasteiger partial charge in [0.05, 0.1) is 0 Å². The van der Waals surface area contributed by atoms with Crippen molar-refractivity contribution in [3.05, 3.63) is 47.6 Å². The third kappa shape index (κ3) is 4.17. The van der Waals surface area contributed by atoms with Crippen LogP contribution in [0.1, 0.15) is 43.6 Å². The molecule has 2 aromatic rings. The fraction of sp³-hybridized carbons (Fsp3) is 0.500. The quantitative estimate of drug-likeness (QED) is 0.842. The minimum Gasteiger partial charge on any atom is -0.339 e. The van der Waals surface area contributed by atoms with Crippen molar-refractivity contribution < 1.29 is 4.52 Å². The van der Waals surface area contributed by atoms with E-state index < -0.39 is 0 Å². The standard InChI is InChI=1S/C16H23N3O/c1-12(2)9-10-15-18-16(20-19-15)11-14(17-3)13-7-5-4-6-8-13/h4-8,12,14,17H,9-11H2,1-3H3. The van der Waals surface area contributed by atoms with Crippen LogP contribution in [0.3, 0.4) is 0 Å². The summed E-state index contributed by atoms with van der Waals surface area (Å²) in [7, 11) is 1.95. The van der Waals surface area contributed by atoms with E-state index in [0.29, 0.717) is 11.8 Å². The molecule has 1 aromatic carbocycles. The van der Waals surface area contributed by atoms with Crippen LogP contribution in [0.15, 0.2) is 34.9 Å². The maximum atomic E-state index is 5.35. The highest BCUT2D eigenvalue weighted by Gasteiger charge is 2.14. The first-order valence-corrected chi connectivity index (χ1v) is 7.22. The number of hydrogen-bond acceptors (Lipinski definition) is 4. The lowest BCUT2D eigenvalue weighted by molar-refractivity contribution is 0.357. The van der Waals surface area contributed by atoms with Gasteiger partial charge in [-0.3, -0.25) is 0 Å². The summed E-state index contributed by atoms with van der Waals surface area (Å²) < 4.78 is 5.35. The lowest BCUT2D eigenvalue weighted by atomic mass is 10.0. The van der Waals surface area contributed by atoms with Gasteiger partial charge in [-0.15, -0.1) is 0 Å². The number of nitrogens with one attached hydrogen (secondary N) is 1. The van der Waals surface area contributed by atoms with Gasteiger partial charge >= 0.3 is 0 Å². The molecule has 2 rings (SSSR count). The summed E-state index contributed by atoms with van der Waals surface area (Å²) in [6.07, 6.45) is 2.69. The van der Waals surface area contributed by atoms with Gasteiger partial charge in [0.25, 0.3) is 0 Å². The Kier molecular flexibility index (Phi) is 5.30. The summed E-state index contributed by atoms with van der Waals surface area (Å²) in [5.74, 6) is 2.18. The minimum atomic E-state index is 0.203. The highest BCUT2D eigenvalue weighted by molar-refractivity contribution is 5.19. The molecule has 0 bridgehead atoms. The molecule has 1 N–H and O–H groups in total. The Morgan fingerprint density at radius 1 is 1.20 bits per heavy atom. The second-order valence-electron chi connectivity index (χ2n) is 5.49. The fourth-order valence-electron chi connectivity index (χ4n) is 2.14. The van der Waals surface area contributed by atoms with Crippen LogP contribution in [-0.4, -0.2) is 17.2 Å². The second-order valence-corrected chi connectivity index (χ2v) is 5.49. The first kappa shape index (κ1) is 14.7. The smallest absolute Gasteiger partial charge is 0.228 e. The Hall–Kier alpha value is -1.68. The fourth-order valence-corrected chi connectivity index (χ4v) is 2.14. The lowest BCUT2D eigenvalue weighted by Crippen LogP contribution is -2.18. The molecule has 1 atom stereocenters. The summed E-state index contributed by atoms with van der Waals surface area (Å²) in [6, 6.07) is 10.5. The predicted molar refractivity (Wildman–Crippen MR) is 79.4 cm³/mol. The van der Waals surface area contributed by atoms with Crippen LogP contribution in [0.2, 0.25) is 0 Å². The van der Waals surface area contributed by atoms with Crippen LogP contribution in [0.25, 0.3) is 0 Å². The molecule has 0 aliphatic carbocycles. The molecule has 0 fully saturated rings. The van der Waals surface area contributed by atoms with Gasteiger partial charge in [0.15, 0.2) is 5.82 Å². The van der Waals surface area contributed by atoms with Gasteiger partial charge in [0.2, 0.25) is 5.89 Å². The number of likely N-dealkylation sites (N-methyl/N-ethyl adjacent to an activating group) is 1. The van der Waals surface area contributed by atoms with Gasteiger partial charge in [0, 0.05) is 18.9 Å². The molecule has 0 saturated carbocycles. The molecule has 0 spiro atoms. The highest BCUT2D eigenvalue weighted by atomic mass is 16.5. The molecule has 0 amide bonds. The molecule has 0 aliphatic heterocycles. The Morgan fingerprint density at radius 3 is 2.60 bits per heavy atom. The topological polar surface area (TPSA) is 51.0 Å². The molecule has 20 heavy (non-hydrogen) atoms. The first-order chi connectivity index (χ1) is 9.69. The average molecular weight is 273 g/mol. The van der Waals surface area contributed by atoms with E-state index in [4.69, 9.17) is 4.52 Å². The van der Waals surface area contributed by atoms with E-state index in [2.05, 4.69) is 41.4 Å². The number of rotatable bonds is 7. The number of nitrogens with zero attached hydrogens (tertiary/aromatic N) is 2. The molecular weight excluding hydrogens is 250 g/mol. The van der Waals surface area contributed by atoms with Gasteiger partial charge in [-0.25, -0.2) is 0 Å². The summed E-state index contributed by atoms with van der Waals surface area (Å²) in [5, 5.41) is 7.35. The molecule has 108 valence electrons. The van der Waals surface area contributed by atoms with Crippen LogP contribution in [0, 0.1) is 5.92 Å². The van der Waals surface area contributed by atoms with E-state index in [1.54, 1.807) is 0 Å². The SMILES string of the molecule is CNC(Cc1nc(CCC(C)C)no1)c1ccccc1. The van der Waals surface area contributed by atoms with Crippen molar-refractivity contribution in [2.24, 2.45) is 5.92 Å². The van der Waals surface area contributed by atoms with E-state index in [1.807, 2.05) is 25.2 Å². The zero-order valence-corrected chi connectivity index (χ0v) is 12.5. The van der Waals surface area contributed by atoms with Crippen molar-refractivity contribution in [3.63, 3.8) is 0 Å². The molecule has 4 heteroatoms. The van der Waals surface area contributed by atoms with Crippen LogP contribution in [-0.2, 0) is 12.8 Å². The Labute approximate surface area is 120 Å². The van der Waals surface area contributed by atoms with Gasteiger partial charge in [0.1, 0.15) is 0 Å². The zero-order valence-electron chi connectivity index (χ0n) is 12.5. The van der Waals surface area contributed by atoms with Crippen molar-refractivity contribution in [1.82, 2.24) is 15.5 Å². The molecule has 1 aromatic heterocycles. The number of aryl methyl sites for hydroxylation is 1. The lowest BCUT2D eigenvalue weighted by Gasteiger charge is -2.13. The third-order valence-corrected chi connectivity index (χ3v) is 3.38. The van der Waals surface area contributed by atoms with Crippen molar-refractivity contribution in [1.29, 1.82) is 0 Å². The molecule has 0 aliphatic rings. The Bertz CT molecular complexity index is 507. The molecule has 0 radical (unpaired) electrons. The van der Waals surface area contributed by atoms with Crippen molar-refractivity contribution >= 4 is 0 Å². The molecular formula is C16H23N3O. The summed E-state index contributed by atoms with van der Waals surface area (Å²) in [4.78, 5) is 4.48. The van der Waals surface area contributed by atoms with E-state index >= 15 is 0 Å². The number of hydrogen-bond donors (Lipinski definition) is 1. The normalized spacial score (nSPS) is 12.8. The minimum absolute atomic E-state index is 0.203. The van der Waals surface area contributed by atoms with E-state index in [9.17, 15) is 0 Å². The van der Waals surface area contributed by atoms with E-state index in [0.717, 1.165) is 25.1 Å². The summed E-state index contributed by atoms with van der Waals surface area (Å²) in [5.41, 5.74) is 1.23. The molecule has 4 nitrogen and oxygen atoms in total. The molecule has 1 unspecified atom stereocenters. The first-order valence-electron chi connectivity index (χ1n) is 7.22.